The van der Waals surface area contributed by atoms with Gasteiger partial charge in [-0.1, -0.05) is 60.3 Å². The van der Waals surface area contributed by atoms with Crippen molar-refractivity contribution in [3.63, 3.8) is 0 Å². The van der Waals surface area contributed by atoms with Crippen molar-refractivity contribution in [2.75, 3.05) is 5.75 Å². The average molecular weight is 448 g/mol. The summed E-state index contributed by atoms with van der Waals surface area (Å²) in [5, 5.41) is 4.24. The van der Waals surface area contributed by atoms with Crippen molar-refractivity contribution < 1.29 is 4.79 Å². The standard InChI is InChI=1S/C24H21N3O2S2/c28-20(25-14-16-8-3-1-4-9-16)15-30-24-26-22-21(18-12-7-13-19(18)31-22)23(29)27(24)17-10-5-2-6-11-17/h1-6,8-11H,7,12-15H2,(H,25,28). The van der Waals surface area contributed by atoms with Crippen LogP contribution >= 0.6 is 23.1 Å². The van der Waals surface area contributed by atoms with E-state index < -0.39 is 0 Å². The fraction of sp³-hybridized carbons (Fsp3) is 0.208. The van der Waals surface area contributed by atoms with Crippen molar-refractivity contribution in [1.29, 1.82) is 0 Å². The Hall–Kier alpha value is -2.90. The number of hydrogen-bond donors (Lipinski definition) is 1. The summed E-state index contributed by atoms with van der Waals surface area (Å²) in [6.45, 7) is 0.482. The summed E-state index contributed by atoms with van der Waals surface area (Å²) in [6.07, 6.45) is 3.06. The zero-order chi connectivity index (χ0) is 21.2. The molecule has 7 heteroatoms. The van der Waals surface area contributed by atoms with Gasteiger partial charge in [-0.25, -0.2) is 4.98 Å². The van der Waals surface area contributed by atoms with Crippen molar-refractivity contribution in [2.24, 2.45) is 0 Å². The van der Waals surface area contributed by atoms with E-state index in [9.17, 15) is 9.59 Å². The highest BCUT2D eigenvalue weighted by Crippen LogP contribution is 2.36. The van der Waals surface area contributed by atoms with Gasteiger partial charge in [0.1, 0.15) is 4.83 Å². The first-order chi connectivity index (χ1) is 15.2. The van der Waals surface area contributed by atoms with Crippen LogP contribution in [0.2, 0.25) is 0 Å². The normalized spacial score (nSPS) is 12.8. The Balaban J connectivity index is 1.45. The first-order valence-corrected chi connectivity index (χ1v) is 12.1. The van der Waals surface area contributed by atoms with Crippen molar-refractivity contribution in [3.05, 3.63) is 87.0 Å². The van der Waals surface area contributed by atoms with Crippen LogP contribution in [0.5, 0.6) is 0 Å². The van der Waals surface area contributed by atoms with Crippen LogP contribution in [-0.4, -0.2) is 21.2 Å². The summed E-state index contributed by atoms with van der Waals surface area (Å²) in [7, 11) is 0. The molecule has 1 N–H and O–H groups in total. The molecule has 0 unspecified atom stereocenters. The lowest BCUT2D eigenvalue weighted by Gasteiger charge is -2.12. The van der Waals surface area contributed by atoms with Crippen molar-refractivity contribution in [3.8, 4) is 5.69 Å². The van der Waals surface area contributed by atoms with E-state index in [-0.39, 0.29) is 17.2 Å². The number of aryl methyl sites for hydroxylation is 2. The molecule has 0 fully saturated rings. The van der Waals surface area contributed by atoms with Gasteiger partial charge in [0, 0.05) is 11.4 Å². The first kappa shape index (κ1) is 20.0. The van der Waals surface area contributed by atoms with Crippen molar-refractivity contribution in [1.82, 2.24) is 14.9 Å². The third kappa shape index (κ3) is 4.03. The summed E-state index contributed by atoms with van der Waals surface area (Å²) in [5.41, 5.74) is 2.95. The molecule has 0 atom stereocenters. The summed E-state index contributed by atoms with van der Waals surface area (Å²) < 4.78 is 1.66. The summed E-state index contributed by atoms with van der Waals surface area (Å²) in [6, 6.07) is 19.4. The van der Waals surface area contributed by atoms with E-state index in [2.05, 4.69) is 5.32 Å². The second kappa shape index (κ2) is 8.69. The van der Waals surface area contributed by atoms with Gasteiger partial charge in [-0.05, 0) is 42.5 Å². The van der Waals surface area contributed by atoms with Crippen molar-refractivity contribution >= 4 is 39.2 Å². The number of carbonyl (C=O) groups excluding carboxylic acids is 1. The molecule has 1 aliphatic carbocycles. The smallest absolute Gasteiger partial charge is 0.267 e. The van der Waals surface area contributed by atoms with Gasteiger partial charge < -0.3 is 5.32 Å². The number of rotatable bonds is 6. The van der Waals surface area contributed by atoms with Crippen LogP contribution in [0.25, 0.3) is 15.9 Å². The van der Waals surface area contributed by atoms with E-state index in [1.165, 1.54) is 22.2 Å². The summed E-state index contributed by atoms with van der Waals surface area (Å²) >= 11 is 2.92. The van der Waals surface area contributed by atoms with E-state index >= 15 is 0 Å². The Morgan fingerprint density at radius 2 is 1.81 bits per heavy atom. The molecule has 0 bridgehead atoms. The predicted molar refractivity (Wildman–Crippen MR) is 126 cm³/mol. The number of nitrogens with one attached hydrogen (secondary N) is 1. The molecule has 156 valence electrons. The maximum Gasteiger partial charge on any atom is 0.267 e. The molecule has 4 aromatic rings. The Labute approximate surface area is 188 Å². The SMILES string of the molecule is O=C(CSc1nc2sc3c(c2c(=O)n1-c1ccccc1)CCC3)NCc1ccccc1. The first-order valence-electron chi connectivity index (χ1n) is 10.3. The van der Waals surface area contributed by atoms with Crippen LogP contribution in [0.3, 0.4) is 0 Å². The number of carbonyl (C=O) groups is 1. The van der Waals surface area contributed by atoms with Gasteiger partial charge in [0.15, 0.2) is 5.16 Å². The second-order valence-corrected chi connectivity index (χ2v) is 9.49. The molecule has 2 aromatic heterocycles. The van der Waals surface area contributed by atoms with Gasteiger partial charge in [0.2, 0.25) is 5.91 Å². The highest BCUT2D eigenvalue weighted by Gasteiger charge is 2.24. The minimum atomic E-state index is -0.0866. The number of thioether (sulfide) groups is 1. The highest BCUT2D eigenvalue weighted by atomic mass is 32.2. The molecule has 31 heavy (non-hydrogen) atoms. The van der Waals surface area contributed by atoms with Gasteiger partial charge in [0.25, 0.3) is 5.56 Å². The number of para-hydroxylation sites is 1. The molecular formula is C24H21N3O2S2. The lowest BCUT2D eigenvalue weighted by atomic mass is 10.2. The number of aromatic nitrogens is 2. The molecule has 1 amide bonds. The largest absolute Gasteiger partial charge is 0.351 e. The quantitative estimate of drug-likeness (QED) is 0.353. The average Bonchev–Trinajstić information content (AvgIpc) is 3.38. The van der Waals surface area contributed by atoms with Gasteiger partial charge >= 0.3 is 0 Å². The number of fused-ring (bicyclic) bond motifs is 3. The van der Waals surface area contributed by atoms with Crippen molar-refractivity contribution in [2.45, 2.75) is 31.0 Å². The molecule has 0 aliphatic heterocycles. The zero-order valence-corrected chi connectivity index (χ0v) is 18.5. The monoisotopic (exact) mass is 447 g/mol. The maximum absolute atomic E-state index is 13.5. The van der Waals surface area contributed by atoms with Crippen LogP contribution < -0.4 is 10.9 Å². The molecule has 2 heterocycles. The number of nitrogens with zero attached hydrogens (tertiary/aromatic N) is 2. The number of thiophene rings is 1. The summed E-state index contributed by atoms with van der Waals surface area (Å²) in [5.74, 6) is 0.111. The number of hydrogen-bond acceptors (Lipinski definition) is 5. The van der Waals surface area contributed by atoms with Gasteiger partial charge in [-0.3, -0.25) is 14.2 Å². The molecule has 0 saturated heterocycles. The second-order valence-electron chi connectivity index (χ2n) is 7.46. The number of amides is 1. The molecule has 0 radical (unpaired) electrons. The molecule has 1 aliphatic rings. The van der Waals surface area contributed by atoms with E-state index in [1.807, 2.05) is 60.7 Å². The molecule has 5 nitrogen and oxygen atoms in total. The summed E-state index contributed by atoms with van der Waals surface area (Å²) in [4.78, 5) is 32.9. The van der Waals surface area contributed by atoms with Crippen LogP contribution in [0.15, 0.2) is 70.6 Å². The van der Waals surface area contributed by atoms with Gasteiger partial charge in [-0.15, -0.1) is 11.3 Å². The Kier molecular flexibility index (Phi) is 5.61. The molecular weight excluding hydrogens is 426 g/mol. The number of benzene rings is 2. The predicted octanol–water partition coefficient (Wildman–Crippen LogP) is 4.34. The Morgan fingerprint density at radius 3 is 2.58 bits per heavy atom. The minimum absolute atomic E-state index is 0.0391. The highest BCUT2D eigenvalue weighted by molar-refractivity contribution is 7.99. The van der Waals surface area contributed by atoms with Crippen LogP contribution in [0, 0.1) is 0 Å². The topological polar surface area (TPSA) is 64.0 Å². The fourth-order valence-corrected chi connectivity index (χ4v) is 6.05. The minimum Gasteiger partial charge on any atom is -0.351 e. The van der Waals surface area contributed by atoms with Gasteiger partial charge in [-0.2, -0.15) is 0 Å². The van der Waals surface area contributed by atoms with E-state index in [4.69, 9.17) is 4.98 Å². The molecule has 0 spiro atoms. The lowest BCUT2D eigenvalue weighted by Crippen LogP contribution is -2.26. The third-order valence-corrected chi connectivity index (χ3v) is 7.51. The van der Waals surface area contributed by atoms with Crippen LogP contribution in [-0.2, 0) is 24.2 Å². The zero-order valence-electron chi connectivity index (χ0n) is 16.8. The van der Waals surface area contributed by atoms with Crippen LogP contribution in [0.1, 0.15) is 22.4 Å². The molecule has 2 aromatic carbocycles. The van der Waals surface area contributed by atoms with E-state index in [0.717, 1.165) is 40.7 Å². The maximum atomic E-state index is 13.5. The van der Waals surface area contributed by atoms with Gasteiger partial charge in [0.05, 0.1) is 16.8 Å². The third-order valence-electron chi connectivity index (χ3n) is 5.39. The lowest BCUT2D eigenvalue weighted by molar-refractivity contribution is -0.118. The Morgan fingerprint density at radius 1 is 1.06 bits per heavy atom. The fourth-order valence-electron chi connectivity index (χ4n) is 3.90. The Bertz CT molecular complexity index is 1300. The van der Waals surface area contributed by atoms with Crippen LogP contribution in [0.4, 0.5) is 0 Å². The van der Waals surface area contributed by atoms with E-state index in [0.29, 0.717) is 11.7 Å². The van der Waals surface area contributed by atoms with E-state index in [1.54, 1.807) is 15.9 Å². The molecule has 0 saturated carbocycles. The molecule has 5 rings (SSSR count).